The number of amides is 1. The number of carbonyl (C=O) groups is 2. The highest BCUT2D eigenvalue weighted by Crippen LogP contribution is 2.33. The fourth-order valence-corrected chi connectivity index (χ4v) is 5.40. The van der Waals surface area contributed by atoms with Crippen LogP contribution in [-0.4, -0.2) is 76.1 Å². The number of carboxylic acid groups (broad SMARTS) is 1. The standard InChI is InChI=1S/C30H28F5N5O6/c1-15-10-22(45-3)24(28(42)38(15)2)18-5-4-16(40-7-6-36-26(18)40)13-21(29(43)44)37-27(41)25-19(31)11-17(12-20(25)32)39-8-9-46-14-23(39)30(33,34)35/h4-7,10-12,21,23H,8-9,13-14H2,1-3H3,(H,37,41)(H,43,44)/t21-,23+/m0/s1. The highest BCUT2D eigenvalue weighted by atomic mass is 19.4. The number of aromatic nitrogens is 3. The Kier molecular flexibility index (Phi) is 8.75. The molecule has 0 spiro atoms. The molecule has 2 N–H and O–H groups in total. The third-order valence-corrected chi connectivity index (χ3v) is 7.87. The average Bonchev–Trinajstić information content (AvgIpc) is 3.50. The molecule has 4 aromatic rings. The van der Waals surface area contributed by atoms with Crippen molar-refractivity contribution in [1.82, 2.24) is 19.3 Å². The maximum absolute atomic E-state index is 15.1. The van der Waals surface area contributed by atoms with Gasteiger partial charge >= 0.3 is 12.1 Å². The van der Waals surface area contributed by atoms with E-state index >= 15 is 8.78 Å². The minimum atomic E-state index is -4.75. The van der Waals surface area contributed by atoms with Gasteiger partial charge in [-0.15, -0.1) is 0 Å². The lowest BCUT2D eigenvalue weighted by Gasteiger charge is -2.38. The van der Waals surface area contributed by atoms with Crippen LogP contribution in [0.25, 0.3) is 16.8 Å². The van der Waals surface area contributed by atoms with Crippen LogP contribution in [0.4, 0.5) is 27.6 Å². The topological polar surface area (TPSA) is 127 Å². The molecule has 0 unspecified atom stereocenters. The molecule has 0 saturated carbocycles. The van der Waals surface area contributed by atoms with Gasteiger partial charge in [0.1, 0.15) is 40.7 Å². The lowest BCUT2D eigenvalue weighted by Crippen LogP contribution is -2.53. The van der Waals surface area contributed by atoms with Crippen molar-refractivity contribution in [2.45, 2.75) is 31.6 Å². The second-order valence-corrected chi connectivity index (χ2v) is 10.6. The Balaban J connectivity index is 1.43. The summed E-state index contributed by atoms with van der Waals surface area (Å²) in [6, 6.07) is 2.08. The van der Waals surface area contributed by atoms with Crippen molar-refractivity contribution in [2.24, 2.45) is 7.05 Å². The Morgan fingerprint density at radius 2 is 1.89 bits per heavy atom. The number of morpholine rings is 1. The summed E-state index contributed by atoms with van der Waals surface area (Å²) in [4.78, 5) is 43.4. The van der Waals surface area contributed by atoms with E-state index in [2.05, 4.69) is 10.3 Å². The van der Waals surface area contributed by atoms with Gasteiger partial charge in [0.25, 0.3) is 11.5 Å². The van der Waals surface area contributed by atoms with Crippen LogP contribution in [0.5, 0.6) is 5.75 Å². The van der Waals surface area contributed by atoms with E-state index in [0.29, 0.717) is 34.8 Å². The van der Waals surface area contributed by atoms with Gasteiger partial charge in [0.2, 0.25) is 0 Å². The first kappa shape index (κ1) is 32.4. The second kappa shape index (κ2) is 12.4. The van der Waals surface area contributed by atoms with Crippen molar-refractivity contribution < 1.29 is 46.1 Å². The number of nitrogens with zero attached hydrogens (tertiary/aromatic N) is 4. The molecule has 3 aromatic heterocycles. The minimum absolute atomic E-state index is 0.112. The number of alkyl halides is 3. The van der Waals surface area contributed by atoms with Gasteiger partial charge < -0.3 is 33.8 Å². The predicted octanol–water partition coefficient (Wildman–Crippen LogP) is 3.49. The molecule has 16 heteroatoms. The number of benzene rings is 1. The summed E-state index contributed by atoms with van der Waals surface area (Å²) in [5, 5.41) is 12.0. The third-order valence-electron chi connectivity index (χ3n) is 7.87. The van der Waals surface area contributed by atoms with Gasteiger partial charge in [-0.1, -0.05) is 0 Å². The zero-order chi connectivity index (χ0) is 33.5. The molecule has 244 valence electrons. The van der Waals surface area contributed by atoms with Crippen LogP contribution >= 0.6 is 0 Å². The highest BCUT2D eigenvalue weighted by Gasteiger charge is 2.46. The number of aryl methyl sites for hydroxylation is 1. The second-order valence-electron chi connectivity index (χ2n) is 10.6. The van der Waals surface area contributed by atoms with Gasteiger partial charge in [-0.05, 0) is 31.2 Å². The Morgan fingerprint density at radius 3 is 2.52 bits per heavy atom. The molecule has 0 radical (unpaired) electrons. The summed E-state index contributed by atoms with van der Waals surface area (Å²) in [7, 11) is 3.01. The zero-order valence-electron chi connectivity index (χ0n) is 24.7. The number of rotatable bonds is 8. The summed E-state index contributed by atoms with van der Waals surface area (Å²) < 4.78 is 83.9. The number of halogens is 5. The van der Waals surface area contributed by atoms with E-state index in [4.69, 9.17) is 9.47 Å². The van der Waals surface area contributed by atoms with Crippen molar-refractivity contribution in [3.8, 4) is 16.9 Å². The average molecular weight is 650 g/mol. The van der Waals surface area contributed by atoms with Crippen molar-refractivity contribution >= 4 is 23.2 Å². The number of carboxylic acids is 1. The third kappa shape index (κ3) is 5.99. The summed E-state index contributed by atoms with van der Waals surface area (Å²) in [5.41, 5.74) is -0.118. The number of anilines is 1. The summed E-state index contributed by atoms with van der Waals surface area (Å²) in [6.45, 7) is 0.582. The molecule has 46 heavy (non-hydrogen) atoms. The maximum Gasteiger partial charge on any atom is 0.411 e. The Labute approximate surface area is 257 Å². The van der Waals surface area contributed by atoms with Gasteiger partial charge in [0.15, 0.2) is 0 Å². The summed E-state index contributed by atoms with van der Waals surface area (Å²) in [5.74, 6) is -5.60. The first-order valence-corrected chi connectivity index (χ1v) is 13.9. The molecule has 5 rings (SSSR count). The first-order valence-electron chi connectivity index (χ1n) is 13.9. The van der Waals surface area contributed by atoms with E-state index in [9.17, 15) is 32.7 Å². The van der Waals surface area contributed by atoms with Crippen LogP contribution in [0, 0.1) is 18.6 Å². The smallest absolute Gasteiger partial charge is 0.411 e. The number of methoxy groups -OCH3 is 1. The lowest BCUT2D eigenvalue weighted by atomic mass is 10.0. The molecule has 0 aliphatic carbocycles. The molecule has 1 aliphatic rings. The van der Waals surface area contributed by atoms with Gasteiger partial charge in [-0.3, -0.25) is 9.59 Å². The SMILES string of the molecule is COc1cc(C)n(C)c(=O)c1-c1ccc(C[C@H](NC(=O)c2c(F)cc(N3CCOC[C@@H]3C(F)(F)F)cc2F)C(=O)O)n2ccnc12. The Hall–Kier alpha value is -4.99. The molecule has 1 fully saturated rings. The number of carbonyl (C=O) groups excluding carboxylic acids is 1. The minimum Gasteiger partial charge on any atom is -0.496 e. The molecule has 4 heterocycles. The fourth-order valence-electron chi connectivity index (χ4n) is 5.40. The van der Waals surface area contributed by atoms with Crippen molar-refractivity contribution in [3.63, 3.8) is 0 Å². The normalized spacial score (nSPS) is 16.0. The number of hydrogen-bond acceptors (Lipinski definition) is 7. The number of ether oxygens (including phenoxy) is 2. The van der Waals surface area contributed by atoms with E-state index in [0.717, 1.165) is 4.90 Å². The first-order chi connectivity index (χ1) is 21.7. The molecular weight excluding hydrogens is 621 g/mol. The van der Waals surface area contributed by atoms with Gasteiger partial charge in [0.05, 0.1) is 25.9 Å². The lowest BCUT2D eigenvalue weighted by molar-refractivity contribution is -0.167. The quantitative estimate of drug-likeness (QED) is 0.278. The monoisotopic (exact) mass is 649 g/mol. The van der Waals surface area contributed by atoms with Gasteiger partial charge in [-0.25, -0.2) is 18.6 Å². The van der Waals surface area contributed by atoms with Crippen molar-refractivity contribution in [3.05, 3.63) is 81.7 Å². The number of pyridine rings is 2. The van der Waals surface area contributed by atoms with Crippen molar-refractivity contribution in [2.75, 3.05) is 31.8 Å². The molecule has 1 amide bonds. The molecule has 11 nitrogen and oxygen atoms in total. The zero-order valence-corrected chi connectivity index (χ0v) is 24.7. The largest absolute Gasteiger partial charge is 0.496 e. The van der Waals surface area contributed by atoms with E-state index in [1.165, 1.54) is 34.5 Å². The van der Waals surface area contributed by atoms with Gasteiger partial charge in [0, 0.05) is 61.1 Å². The highest BCUT2D eigenvalue weighted by molar-refractivity contribution is 5.97. The molecule has 0 bridgehead atoms. The van der Waals surface area contributed by atoms with Crippen LogP contribution < -0.4 is 20.5 Å². The fraction of sp³-hybridized carbons (Fsp3) is 0.333. The molecule has 1 saturated heterocycles. The molecular formula is C30H28F5N5O6. The Bertz CT molecular complexity index is 1870. The van der Waals surface area contributed by atoms with E-state index < -0.39 is 59.6 Å². The van der Waals surface area contributed by atoms with Crippen LogP contribution in [-0.2, 0) is 23.0 Å². The molecule has 1 aliphatic heterocycles. The van der Waals surface area contributed by atoms with Crippen LogP contribution in [0.1, 0.15) is 21.7 Å². The number of hydrogen-bond donors (Lipinski definition) is 2. The van der Waals surface area contributed by atoms with E-state index in [1.807, 2.05) is 0 Å². The Morgan fingerprint density at radius 1 is 1.20 bits per heavy atom. The number of aliphatic carboxylic acids is 1. The van der Waals surface area contributed by atoms with E-state index in [1.54, 1.807) is 26.1 Å². The number of imidazole rings is 1. The number of nitrogens with one attached hydrogen (secondary N) is 1. The molecule has 1 aromatic carbocycles. The van der Waals surface area contributed by atoms with Gasteiger partial charge in [-0.2, -0.15) is 13.2 Å². The summed E-state index contributed by atoms with van der Waals surface area (Å²) >= 11 is 0. The van der Waals surface area contributed by atoms with Crippen LogP contribution in [0.15, 0.2) is 47.5 Å². The maximum atomic E-state index is 15.1. The predicted molar refractivity (Wildman–Crippen MR) is 154 cm³/mol. The molecule has 2 atom stereocenters. The summed E-state index contributed by atoms with van der Waals surface area (Å²) in [6.07, 6.45) is -2.19. The van der Waals surface area contributed by atoms with Crippen molar-refractivity contribution in [1.29, 1.82) is 0 Å². The number of fused-ring (bicyclic) bond motifs is 1. The van der Waals surface area contributed by atoms with Crippen LogP contribution in [0.3, 0.4) is 0 Å². The van der Waals surface area contributed by atoms with E-state index in [-0.39, 0.29) is 36.3 Å². The van der Waals surface area contributed by atoms with Crippen LogP contribution in [0.2, 0.25) is 0 Å².